The van der Waals surface area contributed by atoms with E-state index in [1.165, 1.54) is 0 Å². The Hall–Kier alpha value is 0.210. The minimum absolute atomic E-state index is 0. The Morgan fingerprint density at radius 2 is 1.80 bits per heavy atom. The summed E-state index contributed by atoms with van der Waals surface area (Å²) in [5, 5.41) is 7.31. The molecular formula is C2H3AuO2. The maximum atomic E-state index is 8.89. The van der Waals surface area contributed by atoms with Gasteiger partial charge in [-0.2, -0.15) is 0 Å². The van der Waals surface area contributed by atoms with E-state index in [1.54, 1.807) is 0 Å². The number of carboxylic acids is 1. The molecule has 5 heavy (non-hydrogen) atoms. The third kappa shape index (κ3) is 465. The van der Waals surface area contributed by atoms with Gasteiger partial charge in [0, 0.05) is 22.4 Å². The molecule has 0 rings (SSSR count). The predicted molar refractivity (Wildman–Crippen MR) is 13.0 cm³/mol. The normalized spacial score (nSPS) is 5.00. The van der Waals surface area contributed by atoms with E-state index in [-0.39, 0.29) is 22.4 Å². The molecule has 0 aliphatic carbocycles. The van der Waals surface area contributed by atoms with Crippen molar-refractivity contribution in [3.05, 3.63) is 6.92 Å². The molecule has 0 aliphatic rings. The van der Waals surface area contributed by atoms with Crippen LogP contribution in [-0.4, -0.2) is 11.1 Å². The predicted octanol–water partition coefficient (Wildman–Crippen LogP) is -0.0974. The van der Waals surface area contributed by atoms with Crippen LogP contribution < -0.4 is 0 Å². The van der Waals surface area contributed by atoms with Crippen LogP contribution in [0.25, 0.3) is 0 Å². The topological polar surface area (TPSA) is 37.3 Å². The van der Waals surface area contributed by atoms with Crippen LogP contribution in [0, 0.1) is 6.92 Å². The van der Waals surface area contributed by atoms with Crippen LogP contribution in [-0.2, 0) is 27.2 Å². The largest absolute Gasteiger partial charge is 0.481 e. The van der Waals surface area contributed by atoms with Gasteiger partial charge in [-0.05, 0) is 0 Å². The molecule has 0 heterocycles. The van der Waals surface area contributed by atoms with Gasteiger partial charge in [-0.15, -0.1) is 0 Å². The summed E-state index contributed by atoms with van der Waals surface area (Å²) in [6.45, 7) is 2.56. The number of carbonyl (C=O) groups is 1. The van der Waals surface area contributed by atoms with Crippen LogP contribution in [0.4, 0.5) is 0 Å². The molecule has 0 aliphatic heterocycles. The quantitative estimate of drug-likeness (QED) is 0.615. The van der Waals surface area contributed by atoms with E-state index in [0.29, 0.717) is 0 Å². The van der Waals surface area contributed by atoms with Gasteiger partial charge < -0.3 is 5.11 Å². The van der Waals surface area contributed by atoms with Crippen LogP contribution in [0.15, 0.2) is 0 Å². The van der Waals surface area contributed by atoms with Crippen molar-refractivity contribution in [3.8, 4) is 0 Å². The Labute approximate surface area is 45.7 Å². The Kier molecular flexibility index (Phi) is 7.55. The van der Waals surface area contributed by atoms with E-state index >= 15 is 0 Å². The summed E-state index contributed by atoms with van der Waals surface area (Å²) in [4.78, 5) is 8.89. The second-order valence-electron chi connectivity index (χ2n) is 0.394. The summed E-state index contributed by atoms with van der Waals surface area (Å²) >= 11 is 0. The van der Waals surface area contributed by atoms with Gasteiger partial charge in [0.2, 0.25) is 0 Å². The molecule has 0 aromatic carbocycles. The molecule has 2 nitrogen and oxygen atoms in total. The van der Waals surface area contributed by atoms with Crippen molar-refractivity contribution in [2.75, 3.05) is 0 Å². The fourth-order valence-electron chi connectivity index (χ4n) is 0. The second-order valence-corrected chi connectivity index (χ2v) is 0.394. The molecule has 34 valence electrons. The van der Waals surface area contributed by atoms with Crippen molar-refractivity contribution < 1.29 is 32.3 Å². The fourth-order valence-corrected chi connectivity index (χ4v) is 0. The molecule has 0 saturated carbocycles. The third-order valence-electron chi connectivity index (χ3n) is 0. The van der Waals surface area contributed by atoms with Crippen molar-refractivity contribution in [2.45, 2.75) is 0 Å². The van der Waals surface area contributed by atoms with Crippen LogP contribution >= 0.6 is 0 Å². The average Bonchev–Trinajstić information content (AvgIpc) is 0.811. The summed E-state index contributed by atoms with van der Waals surface area (Å²) in [6.07, 6.45) is 0. The Morgan fingerprint density at radius 3 is 1.80 bits per heavy atom. The summed E-state index contributed by atoms with van der Waals surface area (Å²) in [5.41, 5.74) is 0. The second kappa shape index (κ2) is 4.21. The Morgan fingerprint density at radius 1 is 1.80 bits per heavy atom. The Balaban J connectivity index is 0. The first kappa shape index (κ1) is 8.96. The molecule has 0 amide bonds. The number of carboxylic acid groups (broad SMARTS) is 1. The third-order valence-corrected chi connectivity index (χ3v) is 0. The summed E-state index contributed by atoms with van der Waals surface area (Å²) in [7, 11) is 0. The zero-order valence-electron chi connectivity index (χ0n) is 2.36. The smallest absolute Gasteiger partial charge is 0.303 e. The monoisotopic (exact) mass is 256 g/mol. The van der Waals surface area contributed by atoms with Gasteiger partial charge in [0.25, 0.3) is 0 Å². The molecule has 0 spiro atoms. The standard InChI is InChI=1S/C2H3O2.Au/c1-2(3)4;/h1H2,(H,3,4);. The fraction of sp³-hybridized carbons (Fsp3) is 0. The van der Waals surface area contributed by atoms with Crippen molar-refractivity contribution in [3.63, 3.8) is 0 Å². The number of rotatable bonds is 0. The first-order valence-corrected chi connectivity index (χ1v) is 0.781. The zero-order chi connectivity index (χ0) is 3.58. The van der Waals surface area contributed by atoms with Gasteiger partial charge in [0.1, 0.15) is 0 Å². The van der Waals surface area contributed by atoms with Crippen LogP contribution in [0.3, 0.4) is 0 Å². The molecule has 0 aromatic heterocycles. The number of aliphatic carboxylic acids is 1. The first-order chi connectivity index (χ1) is 1.73. The molecule has 3 heteroatoms. The Bertz CT molecular complexity index is 30.6. The molecule has 2 radical (unpaired) electrons. The van der Waals surface area contributed by atoms with E-state index in [4.69, 9.17) is 9.90 Å². The van der Waals surface area contributed by atoms with E-state index < -0.39 is 5.97 Å². The van der Waals surface area contributed by atoms with Gasteiger partial charge in [0.15, 0.2) is 0 Å². The van der Waals surface area contributed by atoms with Gasteiger partial charge in [0.05, 0.1) is 6.92 Å². The summed E-state index contributed by atoms with van der Waals surface area (Å²) < 4.78 is 0. The molecule has 0 aromatic rings. The van der Waals surface area contributed by atoms with Gasteiger partial charge >= 0.3 is 5.97 Å². The van der Waals surface area contributed by atoms with E-state index in [2.05, 4.69) is 6.92 Å². The zero-order valence-corrected chi connectivity index (χ0v) is 4.53. The average molecular weight is 256 g/mol. The van der Waals surface area contributed by atoms with Crippen LogP contribution in [0.2, 0.25) is 0 Å². The van der Waals surface area contributed by atoms with E-state index in [0.717, 1.165) is 0 Å². The number of hydrogen-bond acceptors (Lipinski definition) is 1. The molecule has 0 unspecified atom stereocenters. The molecular weight excluding hydrogens is 253 g/mol. The van der Waals surface area contributed by atoms with Crippen molar-refractivity contribution in [2.24, 2.45) is 0 Å². The van der Waals surface area contributed by atoms with E-state index in [9.17, 15) is 0 Å². The van der Waals surface area contributed by atoms with Crippen LogP contribution in [0.1, 0.15) is 0 Å². The molecule has 0 fully saturated rings. The maximum Gasteiger partial charge on any atom is 0.303 e. The maximum absolute atomic E-state index is 8.89. The van der Waals surface area contributed by atoms with Crippen molar-refractivity contribution in [1.29, 1.82) is 0 Å². The van der Waals surface area contributed by atoms with Crippen molar-refractivity contribution in [1.82, 2.24) is 0 Å². The minimum Gasteiger partial charge on any atom is -0.481 e. The van der Waals surface area contributed by atoms with E-state index in [1.807, 2.05) is 0 Å². The molecule has 0 saturated heterocycles. The molecule has 0 atom stereocenters. The van der Waals surface area contributed by atoms with Gasteiger partial charge in [-0.3, -0.25) is 4.79 Å². The SMILES string of the molecule is [Au].[CH2]C(=O)O. The van der Waals surface area contributed by atoms with Crippen molar-refractivity contribution >= 4 is 5.97 Å². The van der Waals surface area contributed by atoms with Crippen LogP contribution in [0.5, 0.6) is 0 Å². The summed E-state index contributed by atoms with van der Waals surface area (Å²) in [5.74, 6) is -1.08. The van der Waals surface area contributed by atoms with Gasteiger partial charge in [-0.1, -0.05) is 0 Å². The molecule has 0 bridgehead atoms. The summed E-state index contributed by atoms with van der Waals surface area (Å²) in [6, 6.07) is 0. The first-order valence-electron chi connectivity index (χ1n) is 0.781. The number of hydrogen-bond donors (Lipinski definition) is 1. The van der Waals surface area contributed by atoms with Gasteiger partial charge in [-0.25, -0.2) is 0 Å². The molecule has 1 N–H and O–H groups in total. The minimum atomic E-state index is -1.08.